The molecule has 2 heterocycles. The van der Waals surface area contributed by atoms with Crippen molar-refractivity contribution < 1.29 is 14.3 Å². The topological polar surface area (TPSA) is 63.7 Å². The number of benzene rings is 1. The lowest BCUT2D eigenvalue weighted by Gasteiger charge is -2.35. The fraction of sp³-hybridized carbons (Fsp3) is 0.368. The number of ether oxygens (including phenoxy) is 2. The average molecular weight is 341 g/mol. The number of carbonyl (C=O) groups is 1. The Bertz CT molecular complexity index is 681. The summed E-state index contributed by atoms with van der Waals surface area (Å²) in [6, 6.07) is 11.1. The second kappa shape index (κ2) is 7.98. The van der Waals surface area contributed by atoms with Crippen molar-refractivity contribution >= 4 is 11.7 Å². The zero-order valence-corrected chi connectivity index (χ0v) is 14.5. The van der Waals surface area contributed by atoms with E-state index in [0.29, 0.717) is 19.7 Å². The molecule has 0 unspecified atom stereocenters. The number of amides is 2. The summed E-state index contributed by atoms with van der Waals surface area (Å²) in [6.45, 7) is 5.61. The van der Waals surface area contributed by atoms with Gasteiger partial charge in [-0.25, -0.2) is 4.79 Å². The van der Waals surface area contributed by atoms with Gasteiger partial charge < -0.3 is 19.7 Å². The Morgan fingerprint density at radius 2 is 1.96 bits per heavy atom. The SMILES string of the molecule is C[C@@H]1CN(C(=O)Nc2ccc(OCc3cccnc3)cc2)C[C@H](C)O1. The Morgan fingerprint density at radius 3 is 2.60 bits per heavy atom. The number of hydrogen-bond acceptors (Lipinski definition) is 4. The first-order chi connectivity index (χ1) is 12.1. The minimum atomic E-state index is -0.106. The van der Waals surface area contributed by atoms with Crippen LogP contribution < -0.4 is 10.1 Å². The Hall–Kier alpha value is -2.60. The van der Waals surface area contributed by atoms with E-state index in [2.05, 4.69) is 10.3 Å². The van der Waals surface area contributed by atoms with Crippen LogP contribution in [-0.2, 0) is 11.3 Å². The van der Waals surface area contributed by atoms with E-state index in [1.165, 1.54) is 0 Å². The van der Waals surface area contributed by atoms with Crippen LogP contribution in [-0.4, -0.2) is 41.2 Å². The van der Waals surface area contributed by atoms with Crippen LogP contribution in [0.15, 0.2) is 48.8 Å². The fourth-order valence-corrected chi connectivity index (χ4v) is 2.83. The molecule has 6 nitrogen and oxygen atoms in total. The van der Waals surface area contributed by atoms with Crippen LogP contribution in [0.4, 0.5) is 10.5 Å². The molecule has 1 aromatic heterocycles. The van der Waals surface area contributed by atoms with Gasteiger partial charge in [0, 0.05) is 36.7 Å². The van der Waals surface area contributed by atoms with Crippen LogP contribution in [0.1, 0.15) is 19.4 Å². The Morgan fingerprint density at radius 1 is 1.24 bits per heavy atom. The highest BCUT2D eigenvalue weighted by atomic mass is 16.5. The van der Waals surface area contributed by atoms with Crippen molar-refractivity contribution in [2.45, 2.75) is 32.7 Å². The van der Waals surface area contributed by atoms with Crippen LogP contribution >= 0.6 is 0 Å². The number of anilines is 1. The predicted molar refractivity (Wildman–Crippen MR) is 95.6 cm³/mol. The lowest BCUT2D eigenvalue weighted by molar-refractivity contribution is -0.0530. The van der Waals surface area contributed by atoms with Gasteiger partial charge in [0.1, 0.15) is 12.4 Å². The molecule has 25 heavy (non-hydrogen) atoms. The second-order valence-electron chi connectivity index (χ2n) is 6.27. The lowest BCUT2D eigenvalue weighted by Crippen LogP contribution is -2.49. The third-order valence-corrected chi connectivity index (χ3v) is 3.94. The molecule has 0 aliphatic carbocycles. The van der Waals surface area contributed by atoms with Gasteiger partial charge in [-0.05, 0) is 44.2 Å². The molecule has 2 amide bonds. The van der Waals surface area contributed by atoms with E-state index in [1.807, 2.05) is 50.2 Å². The van der Waals surface area contributed by atoms with E-state index in [-0.39, 0.29) is 18.2 Å². The molecular weight excluding hydrogens is 318 g/mol. The summed E-state index contributed by atoms with van der Waals surface area (Å²) in [5, 5.41) is 2.92. The number of rotatable bonds is 4. The molecule has 1 aliphatic rings. The van der Waals surface area contributed by atoms with Gasteiger partial charge in [0.2, 0.25) is 0 Å². The quantitative estimate of drug-likeness (QED) is 0.927. The summed E-state index contributed by atoms with van der Waals surface area (Å²) in [7, 11) is 0. The number of pyridine rings is 1. The molecule has 0 spiro atoms. The first-order valence-corrected chi connectivity index (χ1v) is 8.43. The van der Waals surface area contributed by atoms with Crippen molar-refractivity contribution in [3.8, 4) is 5.75 Å². The molecule has 1 saturated heterocycles. The van der Waals surface area contributed by atoms with E-state index in [0.717, 1.165) is 17.0 Å². The number of morpholine rings is 1. The van der Waals surface area contributed by atoms with E-state index >= 15 is 0 Å². The van der Waals surface area contributed by atoms with Crippen molar-refractivity contribution in [1.29, 1.82) is 0 Å². The molecule has 2 atom stereocenters. The number of aromatic nitrogens is 1. The van der Waals surface area contributed by atoms with Gasteiger partial charge in [-0.3, -0.25) is 4.98 Å². The summed E-state index contributed by atoms with van der Waals surface area (Å²) < 4.78 is 11.4. The maximum absolute atomic E-state index is 12.4. The van der Waals surface area contributed by atoms with Gasteiger partial charge in [0.05, 0.1) is 12.2 Å². The van der Waals surface area contributed by atoms with Crippen molar-refractivity contribution in [2.75, 3.05) is 18.4 Å². The first kappa shape index (κ1) is 17.2. The minimum absolute atomic E-state index is 0.0535. The third kappa shape index (κ3) is 4.93. The first-order valence-electron chi connectivity index (χ1n) is 8.43. The molecule has 1 aliphatic heterocycles. The van der Waals surface area contributed by atoms with Gasteiger partial charge >= 0.3 is 6.03 Å². The van der Waals surface area contributed by atoms with Gasteiger partial charge in [0.25, 0.3) is 0 Å². The largest absolute Gasteiger partial charge is 0.489 e. The predicted octanol–water partition coefficient (Wildman–Crippen LogP) is 3.30. The summed E-state index contributed by atoms with van der Waals surface area (Å²) >= 11 is 0. The second-order valence-corrected chi connectivity index (χ2v) is 6.27. The average Bonchev–Trinajstić information content (AvgIpc) is 2.61. The van der Waals surface area contributed by atoms with Gasteiger partial charge in [-0.15, -0.1) is 0 Å². The zero-order valence-electron chi connectivity index (χ0n) is 14.5. The van der Waals surface area contributed by atoms with Crippen molar-refractivity contribution in [3.63, 3.8) is 0 Å². The molecule has 2 aromatic rings. The lowest BCUT2D eigenvalue weighted by atomic mass is 10.2. The maximum atomic E-state index is 12.4. The zero-order chi connectivity index (χ0) is 17.6. The molecule has 0 saturated carbocycles. The van der Waals surface area contributed by atoms with Crippen LogP contribution in [0.5, 0.6) is 5.75 Å². The van der Waals surface area contributed by atoms with Crippen molar-refractivity contribution in [1.82, 2.24) is 9.88 Å². The Labute approximate surface area is 147 Å². The highest BCUT2D eigenvalue weighted by molar-refractivity contribution is 5.89. The standard InChI is InChI=1S/C19H23N3O3/c1-14-11-22(12-15(2)25-14)19(23)21-17-5-7-18(8-6-17)24-13-16-4-3-9-20-10-16/h3-10,14-15H,11-13H2,1-2H3,(H,21,23)/t14-,15+. The normalized spacial score (nSPS) is 20.2. The summed E-state index contributed by atoms with van der Waals surface area (Å²) in [5.41, 5.74) is 1.75. The monoisotopic (exact) mass is 341 g/mol. The van der Waals surface area contributed by atoms with E-state index in [4.69, 9.17) is 9.47 Å². The highest BCUT2D eigenvalue weighted by Gasteiger charge is 2.25. The smallest absolute Gasteiger partial charge is 0.322 e. The number of hydrogen-bond donors (Lipinski definition) is 1. The highest BCUT2D eigenvalue weighted by Crippen LogP contribution is 2.18. The number of urea groups is 1. The molecule has 132 valence electrons. The van der Waals surface area contributed by atoms with Crippen LogP contribution in [0.25, 0.3) is 0 Å². The molecule has 6 heteroatoms. The molecular formula is C19H23N3O3. The Kier molecular flexibility index (Phi) is 5.50. The number of nitrogens with one attached hydrogen (secondary N) is 1. The minimum Gasteiger partial charge on any atom is -0.489 e. The molecule has 1 N–H and O–H groups in total. The van der Waals surface area contributed by atoms with Crippen LogP contribution in [0.2, 0.25) is 0 Å². The van der Waals surface area contributed by atoms with Crippen LogP contribution in [0, 0.1) is 0 Å². The number of nitrogens with zero attached hydrogens (tertiary/aromatic N) is 2. The van der Waals surface area contributed by atoms with Crippen molar-refractivity contribution in [3.05, 3.63) is 54.4 Å². The van der Waals surface area contributed by atoms with Crippen molar-refractivity contribution in [2.24, 2.45) is 0 Å². The molecule has 3 rings (SSSR count). The maximum Gasteiger partial charge on any atom is 0.322 e. The summed E-state index contributed by atoms with van der Waals surface area (Å²) in [6.07, 6.45) is 3.62. The van der Waals surface area contributed by atoms with E-state index in [9.17, 15) is 4.79 Å². The van der Waals surface area contributed by atoms with E-state index in [1.54, 1.807) is 17.3 Å². The molecule has 1 aromatic carbocycles. The van der Waals surface area contributed by atoms with E-state index < -0.39 is 0 Å². The summed E-state index contributed by atoms with van der Waals surface area (Å²) in [4.78, 5) is 18.2. The van der Waals surface area contributed by atoms with Crippen LogP contribution in [0.3, 0.4) is 0 Å². The van der Waals surface area contributed by atoms with Gasteiger partial charge in [0.15, 0.2) is 0 Å². The number of carbonyl (C=O) groups excluding carboxylic acids is 1. The summed E-state index contributed by atoms with van der Waals surface area (Å²) in [5.74, 6) is 0.746. The third-order valence-electron chi connectivity index (χ3n) is 3.94. The van der Waals surface area contributed by atoms with Gasteiger partial charge in [-0.2, -0.15) is 0 Å². The Balaban J connectivity index is 1.52. The molecule has 1 fully saturated rings. The fourth-order valence-electron chi connectivity index (χ4n) is 2.83. The van der Waals surface area contributed by atoms with Gasteiger partial charge in [-0.1, -0.05) is 6.07 Å². The molecule has 0 radical (unpaired) electrons. The molecule has 0 bridgehead atoms.